The third-order valence-corrected chi connectivity index (χ3v) is 5.05. The summed E-state index contributed by atoms with van der Waals surface area (Å²) in [5, 5.41) is 5.65. The summed E-state index contributed by atoms with van der Waals surface area (Å²) in [6.45, 7) is 4.11. The Labute approximate surface area is 160 Å². The zero-order chi connectivity index (χ0) is 18.8. The molecule has 0 unspecified atom stereocenters. The number of thiazole rings is 1. The van der Waals surface area contributed by atoms with Crippen LogP contribution >= 0.6 is 11.3 Å². The van der Waals surface area contributed by atoms with Crippen molar-refractivity contribution < 1.29 is 9.21 Å². The van der Waals surface area contributed by atoms with Gasteiger partial charge in [-0.05, 0) is 19.9 Å². The minimum absolute atomic E-state index is 0.162. The maximum absolute atomic E-state index is 12.6. The van der Waals surface area contributed by atoms with E-state index in [0.29, 0.717) is 17.2 Å². The second-order valence-electron chi connectivity index (χ2n) is 6.10. The number of oxazole rings is 1. The van der Waals surface area contributed by atoms with Crippen LogP contribution in [-0.4, -0.2) is 20.4 Å². The molecule has 7 heteroatoms. The van der Waals surface area contributed by atoms with Gasteiger partial charge in [-0.3, -0.25) is 9.36 Å². The molecule has 4 rings (SSSR count). The predicted octanol–water partition coefficient (Wildman–Crippen LogP) is 4.14. The van der Waals surface area contributed by atoms with E-state index in [9.17, 15) is 4.79 Å². The van der Waals surface area contributed by atoms with E-state index in [0.717, 1.165) is 22.1 Å². The molecular formula is C20H18N4O2S. The highest BCUT2D eigenvalue weighted by molar-refractivity contribution is 7.12. The van der Waals surface area contributed by atoms with Crippen molar-refractivity contribution in [1.82, 2.24) is 19.9 Å². The summed E-state index contributed by atoms with van der Waals surface area (Å²) in [6, 6.07) is 11.6. The molecule has 1 N–H and O–H groups in total. The van der Waals surface area contributed by atoms with Gasteiger partial charge in [0.1, 0.15) is 0 Å². The number of hydrogen-bond acceptors (Lipinski definition) is 5. The molecule has 0 aliphatic carbocycles. The van der Waals surface area contributed by atoms with Crippen LogP contribution in [0.25, 0.3) is 16.5 Å². The highest BCUT2D eigenvalue weighted by Gasteiger charge is 2.18. The van der Waals surface area contributed by atoms with Gasteiger partial charge in [0.25, 0.3) is 5.91 Å². The minimum atomic E-state index is -0.162. The first-order valence-electron chi connectivity index (χ1n) is 8.50. The minimum Gasteiger partial charge on any atom is -0.439 e. The topological polar surface area (TPSA) is 73.0 Å². The summed E-state index contributed by atoms with van der Waals surface area (Å²) in [5.74, 6) is 0.989. The van der Waals surface area contributed by atoms with Gasteiger partial charge in [0.2, 0.25) is 5.89 Å². The molecule has 0 saturated heterocycles. The third kappa shape index (κ3) is 3.41. The normalized spacial score (nSPS) is 10.9. The molecule has 0 aliphatic rings. The molecule has 0 atom stereocenters. The third-order valence-electron chi connectivity index (χ3n) is 4.30. The van der Waals surface area contributed by atoms with E-state index >= 15 is 0 Å². The van der Waals surface area contributed by atoms with Gasteiger partial charge in [-0.1, -0.05) is 30.3 Å². The van der Waals surface area contributed by atoms with Crippen LogP contribution < -0.4 is 5.32 Å². The second-order valence-corrected chi connectivity index (χ2v) is 6.97. The molecule has 4 aromatic rings. The van der Waals surface area contributed by atoms with Crippen molar-refractivity contribution in [3.05, 3.63) is 77.0 Å². The lowest BCUT2D eigenvalue weighted by Gasteiger charge is -2.06. The van der Waals surface area contributed by atoms with Gasteiger partial charge < -0.3 is 9.73 Å². The molecule has 0 bridgehead atoms. The van der Waals surface area contributed by atoms with E-state index in [2.05, 4.69) is 15.3 Å². The van der Waals surface area contributed by atoms with Gasteiger partial charge in [-0.15, -0.1) is 11.3 Å². The molecule has 1 amide bonds. The number of rotatable bonds is 5. The van der Waals surface area contributed by atoms with Crippen molar-refractivity contribution in [3.8, 4) is 16.5 Å². The van der Waals surface area contributed by atoms with Gasteiger partial charge in [0, 0.05) is 28.5 Å². The summed E-state index contributed by atoms with van der Waals surface area (Å²) in [7, 11) is 0. The molecule has 1 aromatic carbocycles. The van der Waals surface area contributed by atoms with Crippen LogP contribution in [0.15, 0.2) is 58.6 Å². The highest BCUT2D eigenvalue weighted by Crippen LogP contribution is 2.23. The van der Waals surface area contributed by atoms with Crippen molar-refractivity contribution >= 4 is 17.2 Å². The Morgan fingerprint density at radius 3 is 2.78 bits per heavy atom. The predicted molar refractivity (Wildman–Crippen MR) is 104 cm³/mol. The Morgan fingerprint density at radius 2 is 2.04 bits per heavy atom. The molecule has 0 saturated carbocycles. The zero-order valence-electron chi connectivity index (χ0n) is 15.0. The molecule has 0 radical (unpaired) electrons. The maximum Gasteiger partial charge on any atom is 0.253 e. The molecule has 136 valence electrons. The fourth-order valence-electron chi connectivity index (χ4n) is 2.99. The number of nitrogens with zero attached hydrogens (tertiary/aromatic N) is 3. The van der Waals surface area contributed by atoms with Crippen LogP contribution in [0, 0.1) is 13.8 Å². The Hall–Kier alpha value is -3.19. The van der Waals surface area contributed by atoms with Gasteiger partial charge in [-0.25, -0.2) is 9.97 Å². The Bertz CT molecular complexity index is 1070. The molecule has 0 aliphatic heterocycles. The van der Waals surface area contributed by atoms with Gasteiger partial charge in [-0.2, -0.15) is 0 Å². The number of benzene rings is 1. The first kappa shape index (κ1) is 17.2. The smallest absolute Gasteiger partial charge is 0.253 e. The molecule has 3 aromatic heterocycles. The zero-order valence-corrected chi connectivity index (χ0v) is 15.8. The van der Waals surface area contributed by atoms with E-state index in [4.69, 9.17) is 4.42 Å². The number of amides is 1. The Kier molecular flexibility index (Phi) is 4.60. The lowest BCUT2D eigenvalue weighted by atomic mass is 10.2. The van der Waals surface area contributed by atoms with Gasteiger partial charge >= 0.3 is 0 Å². The largest absolute Gasteiger partial charge is 0.439 e. The first-order chi connectivity index (χ1) is 13.1. The summed E-state index contributed by atoms with van der Waals surface area (Å²) < 4.78 is 7.72. The number of aryl methyl sites for hydroxylation is 1. The molecule has 6 nitrogen and oxygen atoms in total. The van der Waals surface area contributed by atoms with Crippen LogP contribution in [0.5, 0.6) is 0 Å². The van der Waals surface area contributed by atoms with E-state index in [1.165, 1.54) is 11.3 Å². The fraction of sp³-hybridized carbons (Fsp3) is 0.150. The average molecular weight is 378 g/mol. The first-order valence-corrected chi connectivity index (χ1v) is 9.38. The van der Waals surface area contributed by atoms with E-state index < -0.39 is 0 Å². The Morgan fingerprint density at radius 1 is 1.22 bits per heavy atom. The second kappa shape index (κ2) is 7.20. The van der Waals surface area contributed by atoms with Crippen LogP contribution in [0.1, 0.15) is 27.6 Å². The van der Waals surface area contributed by atoms with Crippen molar-refractivity contribution in [2.75, 3.05) is 0 Å². The molecule has 0 spiro atoms. The van der Waals surface area contributed by atoms with E-state index in [1.54, 1.807) is 12.4 Å². The number of nitrogens with one attached hydrogen (secondary N) is 1. The standard InChI is InChI=1S/C20H18N4O2S/c1-13-10-16(14(2)24(13)20-21-8-9-27-20)19(25)23-12-18-22-11-17(26-18)15-6-4-3-5-7-15/h3-11H,12H2,1-2H3,(H,23,25). The molecular weight excluding hydrogens is 360 g/mol. The van der Waals surface area contributed by atoms with E-state index in [1.807, 2.05) is 60.2 Å². The van der Waals surface area contributed by atoms with Gasteiger partial charge in [0.15, 0.2) is 10.9 Å². The molecule has 3 heterocycles. The number of hydrogen-bond donors (Lipinski definition) is 1. The summed E-state index contributed by atoms with van der Waals surface area (Å²) in [4.78, 5) is 21.2. The maximum atomic E-state index is 12.6. The van der Waals surface area contributed by atoms with E-state index in [-0.39, 0.29) is 12.5 Å². The van der Waals surface area contributed by atoms with Crippen LogP contribution in [-0.2, 0) is 6.54 Å². The summed E-state index contributed by atoms with van der Waals surface area (Å²) in [6.07, 6.45) is 3.43. The SMILES string of the molecule is Cc1cc(C(=O)NCc2ncc(-c3ccccc3)o2)c(C)n1-c1nccs1. The monoisotopic (exact) mass is 378 g/mol. The lowest BCUT2D eigenvalue weighted by Crippen LogP contribution is -2.23. The fourth-order valence-corrected chi connectivity index (χ4v) is 3.74. The average Bonchev–Trinajstić information content (AvgIpc) is 3.41. The summed E-state index contributed by atoms with van der Waals surface area (Å²) >= 11 is 1.54. The van der Waals surface area contributed by atoms with Crippen molar-refractivity contribution in [1.29, 1.82) is 0 Å². The van der Waals surface area contributed by atoms with Crippen molar-refractivity contribution in [3.63, 3.8) is 0 Å². The highest BCUT2D eigenvalue weighted by atomic mass is 32.1. The van der Waals surface area contributed by atoms with Crippen LogP contribution in [0.2, 0.25) is 0 Å². The Balaban J connectivity index is 1.48. The number of carbonyl (C=O) groups is 1. The lowest BCUT2D eigenvalue weighted by molar-refractivity contribution is 0.0946. The van der Waals surface area contributed by atoms with Crippen molar-refractivity contribution in [2.24, 2.45) is 0 Å². The number of carbonyl (C=O) groups excluding carboxylic acids is 1. The molecule has 27 heavy (non-hydrogen) atoms. The summed E-state index contributed by atoms with van der Waals surface area (Å²) in [5.41, 5.74) is 3.40. The van der Waals surface area contributed by atoms with Crippen LogP contribution in [0.4, 0.5) is 0 Å². The quantitative estimate of drug-likeness (QED) is 0.567. The van der Waals surface area contributed by atoms with Crippen LogP contribution in [0.3, 0.4) is 0 Å². The van der Waals surface area contributed by atoms with Gasteiger partial charge in [0.05, 0.1) is 18.3 Å². The van der Waals surface area contributed by atoms with Crippen molar-refractivity contribution in [2.45, 2.75) is 20.4 Å². The molecule has 0 fully saturated rings. The number of aromatic nitrogens is 3.